The van der Waals surface area contributed by atoms with Crippen LogP contribution in [0.3, 0.4) is 0 Å². The number of carbonyl (C=O) groups excluding carboxylic acids is 1. The lowest BCUT2D eigenvalue weighted by molar-refractivity contribution is -0.141. The van der Waals surface area contributed by atoms with E-state index in [1.165, 1.54) is 12.3 Å². The highest BCUT2D eigenvalue weighted by atomic mass is 16.4. The Balaban J connectivity index is 2.91. The first-order valence-corrected chi connectivity index (χ1v) is 4.34. The van der Waals surface area contributed by atoms with Gasteiger partial charge in [-0.25, -0.2) is 0 Å². The standard InChI is InChI=1S/C10H12O4/c1-6(2)8(10(12)13)9(11)7-4-3-5-14-7/h3-6,8H,1-2H3,(H,12,13). The average molecular weight is 196 g/mol. The van der Waals surface area contributed by atoms with Crippen LogP contribution in [-0.4, -0.2) is 16.9 Å². The molecule has 4 heteroatoms. The molecule has 0 bridgehead atoms. The molecule has 14 heavy (non-hydrogen) atoms. The molecule has 0 amide bonds. The fraction of sp³-hybridized carbons (Fsp3) is 0.400. The van der Waals surface area contributed by atoms with E-state index in [4.69, 9.17) is 9.52 Å². The molecule has 1 rings (SSSR count). The quantitative estimate of drug-likeness (QED) is 0.589. The smallest absolute Gasteiger partial charge is 0.314 e. The van der Waals surface area contributed by atoms with E-state index >= 15 is 0 Å². The van der Waals surface area contributed by atoms with Crippen LogP contribution in [0.1, 0.15) is 24.4 Å². The Morgan fingerprint density at radius 2 is 2.07 bits per heavy atom. The number of ketones is 1. The first kappa shape index (κ1) is 10.5. The number of rotatable bonds is 4. The molecule has 1 heterocycles. The molecule has 1 aromatic heterocycles. The summed E-state index contributed by atoms with van der Waals surface area (Å²) in [6.07, 6.45) is 1.35. The lowest BCUT2D eigenvalue weighted by Crippen LogP contribution is -2.28. The fourth-order valence-corrected chi connectivity index (χ4v) is 1.27. The maximum atomic E-state index is 11.6. The second-order valence-corrected chi connectivity index (χ2v) is 3.40. The van der Waals surface area contributed by atoms with E-state index in [0.29, 0.717) is 0 Å². The predicted octanol–water partition coefficient (Wildman–Crippen LogP) is 1.82. The summed E-state index contributed by atoms with van der Waals surface area (Å²) >= 11 is 0. The van der Waals surface area contributed by atoms with Crippen LogP contribution < -0.4 is 0 Å². The third-order valence-electron chi connectivity index (χ3n) is 1.98. The van der Waals surface area contributed by atoms with Crippen molar-refractivity contribution in [1.29, 1.82) is 0 Å². The van der Waals surface area contributed by atoms with Gasteiger partial charge in [-0.15, -0.1) is 0 Å². The minimum Gasteiger partial charge on any atom is -0.481 e. The fourth-order valence-electron chi connectivity index (χ4n) is 1.27. The second-order valence-electron chi connectivity index (χ2n) is 3.40. The van der Waals surface area contributed by atoms with E-state index in [1.54, 1.807) is 19.9 Å². The minimum absolute atomic E-state index is 0.103. The van der Waals surface area contributed by atoms with Gasteiger partial charge in [0.25, 0.3) is 0 Å². The van der Waals surface area contributed by atoms with Crippen molar-refractivity contribution in [3.05, 3.63) is 24.2 Å². The minimum atomic E-state index is -1.11. The summed E-state index contributed by atoms with van der Waals surface area (Å²) in [5.41, 5.74) is 0. The van der Waals surface area contributed by atoms with E-state index in [-0.39, 0.29) is 11.7 Å². The lowest BCUT2D eigenvalue weighted by atomic mass is 9.90. The Hall–Kier alpha value is -1.58. The summed E-state index contributed by atoms with van der Waals surface area (Å²) in [5, 5.41) is 8.85. The summed E-state index contributed by atoms with van der Waals surface area (Å²) in [6, 6.07) is 3.03. The summed E-state index contributed by atoms with van der Waals surface area (Å²) in [7, 11) is 0. The molecule has 0 aromatic carbocycles. The van der Waals surface area contributed by atoms with Crippen LogP contribution in [0.4, 0.5) is 0 Å². The van der Waals surface area contributed by atoms with E-state index in [2.05, 4.69) is 0 Å². The van der Waals surface area contributed by atoms with Gasteiger partial charge in [0.2, 0.25) is 5.78 Å². The molecule has 4 nitrogen and oxygen atoms in total. The second kappa shape index (κ2) is 4.09. The Kier molecular flexibility index (Phi) is 3.06. The van der Waals surface area contributed by atoms with Crippen molar-refractivity contribution in [3.63, 3.8) is 0 Å². The molecule has 0 aliphatic rings. The van der Waals surface area contributed by atoms with Crippen molar-refractivity contribution in [3.8, 4) is 0 Å². The maximum absolute atomic E-state index is 11.6. The number of carboxylic acid groups (broad SMARTS) is 1. The Morgan fingerprint density at radius 3 is 2.43 bits per heavy atom. The SMILES string of the molecule is CC(C)C(C(=O)O)C(=O)c1ccco1. The first-order valence-electron chi connectivity index (χ1n) is 4.34. The van der Waals surface area contributed by atoms with Gasteiger partial charge in [0.05, 0.1) is 6.26 Å². The number of carboxylic acids is 1. The van der Waals surface area contributed by atoms with E-state index in [1.807, 2.05) is 0 Å². The van der Waals surface area contributed by atoms with Crippen LogP contribution in [0.25, 0.3) is 0 Å². The molecule has 1 aromatic rings. The van der Waals surface area contributed by atoms with Crippen LogP contribution in [0.15, 0.2) is 22.8 Å². The molecule has 0 saturated carbocycles. The molecule has 0 spiro atoms. The molecule has 0 fully saturated rings. The highest BCUT2D eigenvalue weighted by Crippen LogP contribution is 2.17. The van der Waals surface area contributed by atoms with E-state index < -0.39 is 17.7 Å². The molecule has 0 radical (unpaired) electrons. The van der Waals surface area contributed by atoms with Gasteiger partial charge in [0.15, 0.2) is 5.76 Å². The van der Waals surface area contributed by atoms with Gasteiger partial charge in [0.1, 0.15) is 5.92 Å². The van der Waals surface area contributed by atoms with Crippen molar-refractivity contribution in [2.75, 3.05) is 0 Å². The highest BCUT2D eigenvalue weighted by Gasteiger charge is 2.31. The molecular weight excluding hydrogens is 184 g/mol. The summed E-state index contributed by atoms with van der Waals surface area (Å²) in [4.78, 5) is 22.4. The van der Waals surface area contributed by atoms with Crippen LogP contribution in [-0.2, 0) is 4.79 Å². The number of furan rings is 1. The van der Waals surface area contributed by atoms with E-state index in [9.17, 15) is 9.59 Å². The molecule has 1 atom stereocenters. The van der Waals surface area contributed by atoms with Gasteiger partial charge in [0, 0.05) is 0 Å². The molecule has 76 valence electrons. The third kappa shape index (κ3) is 2.02. The van der Waals surface area contributed by atoms with Gasteiger partial charge < -0.3 is 9.52 Å². The van der Waals surface area contributed by atoms with Gasteiger partial charge in [-0.1, -0.05) is 13.8 Å². The molecule has 0 aliphatic carbocycles. The molecule has 1 unspecified atom stereocenters. The van der Waals surface area contributed by atoms with Crippen LogP contribution >= 0.6 is 0 Å². The van der Waals surface area contributed by atoms with Gasteiger partial charge in [-0.3, -0.25) is 9.59 Å². The summed E-state index contributed by atoms with van der Waals surface area (Å²) in [5.74, 6) is -2.75. The number of hydrogen-bond donors (Lipinski definition) is 1. The molecule has 1 N–H and O–H groups in total. The average Bonchev–Trinajstić information content (AvgIpc) is 2.53. The normalized spacial score (nSPS) is 12.8. The zero-order valence-corrected chi connectivity index (χ0v) is 8.06. The predicted molar refractivity (Wildman–Crippen MR) is 49.0 cm³/mol. The van der Waals surface area contributed by atoms with Gasteiger partial charge in [-0.05, 0) is 18.1 Å². The zero-order chi connectivity index (χ0) is 10.7. The van der Waals surface area contributed by atoms with Crippen LogP contribution in [0, 0.1) is 11.8 Å². The van der Waals surface area contributed by atoms with Crippen molar-refractivity contribution in [2.45, 2.75) is 13.8 Å². The van der Waals surface area contributed by atoms with Crippen molar-refractivity contribution < 1.29 is 19.1 Å². The zero-order valence-electron chi connectivity index (χ0n) is 8.06. The number of hydrogen-bond acceptors (Lipinski definition) is 3. The highest BCUT2D eigenvalue weighted by molar-refractivity contribution is 6.06. The monoisotopic (exact) mass is 196 g/mol. The Bertz CT molecular complexity index is 324. The number of Topliss-reactive ketones (excluding diaryl/α,β-unsaturated/α-hetero) is 1. The lowest BCUT2D eigenvalue weighted by Gasteiger charge is -2.12. The number of aliphatic carboxylic acids is 1. The molecule has 0 aliphatic heterocycles. The van der Waals surface area contributed by atoms with Crippen molar-refractivity contribution >= 4 is 11.8 Å². The van der Waals surface area contributed by atoms with E-state index in [0.717, 1.165) is 0 Å². The topological polar surface area (TPSA) is 67.5 Å². The van der Waals surface area contributed by atoms with Crippen LogP contribution in [0.5, 0.6) is 0 Å². The molecular formula is C10H12O4. The first-order chi connectivity index (χ1) is 6.54. The number of carbonyl (C=O) groups is 2. The maximum Gasteiger partial charge on any atom is 0.314 e. The Labute approximate surface area is 81.5 Å². The van der Waals surface area contributed by atoms with Crippen molar-refractivity contribution in [2.24, 2.45) is 11.8 Å². The van der Waals surface area contributed by atoms with Gasteiger partial charge >= 0.3 is 5.97 Å². The third-order valence-corrected chi connectivity index (χ3v) is 1.98. The molecule has 0 saturated heterocycles. The summed E-state index contributed by atoms with van der Waals surface area (Å²) < 4.78 is 4.86. The summed E-state index contributed by atoms with van der Waals surface area (Å²) in [6.45, 7) is 3.39. The van der Waals surface area contributed by atoms with Crippen LogP contribution in [0.2, 0.25) is 0 Å². The largest absolute Gasteiger partial charge is 0.481 e. The van der Waals surface area contributed by atoms with Crippen molar-refractivity contribution in [1.82, 2.24) is 0 Å². The Morgan fingerprint density at radius 1 is 1.43 bits per heavy atom. The van der Waals surface area contributed by atoms with Gasteiger partial charge in [-0.2, -0.15) is 0 Å².